The molecule has 0 amide bonds. The molecule has 0 bridgehead atoms. The van der Waals surface area contributed by atoms with Crippen molar-refractivity contribution < 1.29 is 0 Å². The summed E-state index contributed by atoms with van der Waals surface area (Å²) in [6.45, 7) is 4.28. The van der Waals surface area contributed by atoms with E-state index in [2.05, 4.69) is 72.3 Å². The van der Waals surface area contributed by atoms with Crippen LogP contribution in [0.3, 0.4) is 0 Å². The van der Waals surface area contributed by atoms with E-state index in [0.717, 1.165) is 29.8 Å². The average Bonchev–Trinajstić information content (AvgIpc) is 2.62. The highest BCUT2D eigenvalue weighted by Crippen LogP contribution is 2.23. The van der Waals surface area contributed by atoms with Crippen LogP contribution < -0.4 is 0 Å². The monoisotopic (exact) mass is 288 g/mol. The fourth-order valence-electron chi connectivity index (χ4n) is 2.43. The Balaban J connectivity index is 1.84. The van der Waals surface area contributed by atoms with Crippen molar-refractivity contribution in [1.82, 2.24) is 9.97 Å². The predicted octanol–water partition coefficient (Wildman–Crippen LogP) is 4.94. The maximum Gasteiger partial charge on any atom is 0.159 e. The van der Waals surface area contributed by atoms with Crippen LogP contribution in [0.2, 0.25) is 0 Å². The van der Waals surface area contributed by atoms with Gasteiger partial charge in [-0.3, -0.25) is 0 Å². The second-order valence-electron chi connectivity index (χ2n) is 5.40. The molecule has 2 nitrogen and oxygen atoms in total. The zero-order valence-corrected chi connectivity index (χ0v) is 13.1. The molecule has 0 aliphatic carbocycles. The Bertz CT molecular complexity index is 660. The van der Waals surface area contributed by atoms with Crippen LogP contribution in [0.25, 0.3) is 22.5 Å². The van der Waals surface area contributed by atoms with Crippen LogP contribution in [-0.4, -0.2) is 9.97 Å². The van der Waals surface area contributed by atoms with Crippen molar-refractivity contribution >= 4 is 0 Å². The molecule has 110 valence electrons. The van der Waals surface area contributed by atoms with Gasteiger partial charge in [-0.15, -0.1) is 0 Å². The summed E-state index contributed by atoms with van der Waals surface area (Å²) in [5.74, 6) is 0.782. The average molecular weight is 288 g/mol. The predicted molar refractivity (Wildman–Crippen MR) is 91.7 cm³/mol. The smallest absolute Gasteiger partial charge is 0.159 e. The van der Waals surface area contributed by atoms with E-state index in [4.69, 9.17) is 0 Å². The summed E-state index contributed by atoms with van der Waals surface area (Å²) in [7, 11) is 0. The van der Waals surface area contributed by atoms with Gasteiger partial charge in [0, 0.05) is 18.0 Å². The van der Waals surface area contributed by atoms with Crippen LogP contribution in [-0.2, 0) is 12.8 Å². The Kier molecular flexibility index (Phi) is 4.29. The molecule has 0 saturated carbocycles. The summed E-state index contributed by atoms with van der Waals surface area (Å²) in [4.78, 5) is 8.87. The molecule has 0 saturated heterocycles. The minimum atomic E-state index is 0.782. The fraction of sp³-hybridized carbons (Fsp3) is 0.200. The molecule has 0 aliphatic rings. The molecule has 2 aromatic carbocycles. The molecular formula is C20H20N2. The minimum Gasteiger partial charge on any atom is -0.236 e. The van der Waals surface area contributed by atoms with Crippen LogP contribution in [0.5, 0.6) is 0 Å². The molecule has 3 rings (SSSR count). The summed E-state index contributed by atoms with van der Waals surface area (Å²) in [5.41, 5.74) is 6.04. The number of rotatable bonds is 4. The van der Waals surface area contributed by atoms with Gasteiger partial charge >= 0.3 is 0 Å². The molecule has 22 heavy (non-hydrogen) atoms. The zero-order valence-electron chi connectivity index (χ0n) is 13.1. The lowest BCUT2D eigenvalue weighted by Crippen LogP contribution is -1.91. The van der Waals surface area contributed by atoms with E-state index in [0.29, 0.717) is 0 Å². The Morgan fingerprint density at radius 1 is 0.591 bits per heavy atom. The van der Waals surface area contributed by atoms with Crippen LogP contribution in [0.15, 0.2) is 60.9 Å². The third-order valence-electron chi connectivity index (χ3n) is 3.95. The molecule has 0 fully saturated rings. The molecule has 0 aliphatic heterocycles. The molecule has 3 aromatic rings. The first-order valence-corrected chi connectivity index (χ1v) is 7.81. The molecule has 0 unspecified atom stereocenters. The van der Waals surface area contributed by atoms with Crippen LogP contribution in [0, 0.1) is 0 Å². The number of aryl methyl sites for hydroxylation is 2. The van der Waals surface area contributed by atoms with Gasteiger partial charge in [-0.1, -0.05) is 62.4 Å². The van der Waals surface area contributed by atoms with Crippen LogP contribution in [0.4, 0.5) is 0 Å². The standard InChI is InChI=1S/C20H20N2/c1-3-15-5-7-17(8-6-15)18-9-11-19(12-10-18)20-21-13-16(4-2)14-22-20/h5-14H,3-4H2,1-2H3. The van der Waals surface area contributed by atoms with Gasteiger partial charge in [0.05, 0.1) is 0 Å². The first-order valence-electron chi connectivity index (χ1n) is 7.81. The lowest BCUT2D eigenvalue weighted by molar-refractivity contribution is 1.05. The van der Waals surface area contributed by atoms with Crippen molar-refractivity contribution in [2.45, 2.75) is 26.7 Å². The van der Waals surface area contributed by atoms with Crippen molar-refractivity contribution in [2.75, 3.05) is 0 Å². The summed E-state index contributed by atoms with van der Waals surface area (Å²) in [5, 5.41) is 0. The highest BCUT2D eigenvalue weighted by molar-refractivity contribution is 5.67. The molecule has 0 N–H and O–H groups in total. The van der Waals surface area contributed by atoms with Crippen molar-refractivity contribution in [3.8, 4) is 22.5 Å². The Morgan fingerprint density at radius 3 is 1.55 bits per heavy atom. The number of hydrogen-bond donors (Lipinski definition) is 0. The molecule has 1 heterocycles. The zero-order chi connectivity index (χ0) is 15.4. The van der Waals surface area contributed by atoms with Crippen LogP contribution >= 0.6 is 0 Å². The van der Waals surface area contributed by atoms with Gasteiger partial charge < -0.3 is 0 Å². The normalized spacial score (nSPS) is 10.6. The largest absolute Gasteiger partial charge is 0.236 e. The molecule has 0 spiro atoms. The third kappa shape index (κ3) is 3.06. The van der Waals surface area contributed by atoms with Gasteiger partial charge in [-0.2, -0.15) is 0 Å². The van der Waals surface area contributed by atoms with E-state index < -0.39 is 0 Å². The highest BCUT2D eigenvalue weighted by Gasteiger charge is 2.03. The number of nitrogens with zero attached hydrogens (tertiary/aromatic N) is 2. The Morgan fingerprint density at radius 2 is 1.05 bits per heavy atom. The van der Waals surface area contributed by atoms with E-state index in [9.17, 15) is 0 Å². The summed E-state index contributed by atoms with van der Waals surface area (Å²) >= 11 is 0. The minimum absolute atomic E-state index is 0.782. The molecular weight excluding hydrogens is 268 g/mol. The lowest BCUT2D eigenvalue weighted by Gasteiger charge is -2.05. The van der Waals surface area contributed by atoms with Gasteiger partial charge in [-0.05, 0) is 35.1 Å². The van der Waals surface area contributed by atoms with E-state index >= 15 is 0 Å². The van der Waals surface area contributed by atoms with Gasteiger partial charge in [0.25, 0.3) is 0 Å². The van der Waals surface area contributed by atoms with Crippen LogP contribution in [0.1, 0.15) is 25.0 Å². The van der Waals surface area contributed by atoms with Crippen molar-refractivity contribution in [1.29, 1.82) is 0 Å². The summed E-state index contributed by atoms with van der Waals surface area (Å²) in [6, 6.07) is 17.2. The second kappa shape index (κ2) is 6.52. The quantitative estimate of drug-likeness (QED) is 0.680. The van der Waals surface area contributed by atoms with Gasteiger partial charge in [0.1, 0.15) is 0 Å². The third-order valence-corrected chi connectivity index (χ3v) is 3.95. The van der Waals surface area contributed by atoms with Gasteiger partial charge in [0.2, 0.25) is 0 Å². The van der Waals surface area contributed by atoms with Gasteiger partial charge in [0.15, 0.2) is 5.82 Å². The van der Waals surface area contributed by atoms with Crippen molar-refractivity contribution in [3.63, 3.8) is 0 Å². The second-order valence-corrected chi connectivity index (χ2v) is 5.40. The molecule has 0 atom stereocenters. The number of hydrogen-bond acceptors (Lipinski definition) is 2. The Hall–Kier alpha value is -2.48. The first kappa shape index (κ1) is 14.5. The molecule has 1 aromatic heterocycles. The highest BCUT2D eigenvalue weighted by atomic mass is 14.9. The number of aromatic nitrogens is 2. The van der Waals surface area contributed by atoms with E-state index in [1.807, 2.05) is 12.4 Å². The van der Waals surface area contributed by atoms with E-state index in [-0.39, 0.29) is 0 Å². The fourth-order valence-corrected chi connectivity index (χ4v) is 2.43. The van der Waals surface area contributed by atoms with E-state index in [1.165, 1.54) is 16.7 Å². The topological polar surface area (TPSA) is 25.8 Å². The maximum absolute atomic E-state index is 4.43. The summed E-state index contributed by atoms with van der Waals surface area (Å²) < 4.78 is 0. The molecule has 2 heteroatoms. The maximum atomic E-state index is 4.43. The first-order chi connectivity index (χ1) is 10.8. The van der Waals surface area contributed by atoms with E-state index in [1.54, 1.807) is 0 Å². The lowest BCUT2D eigenvalue weighted by atomic mass is 10.0. The SMILES string of the molecule is CCc1ccc(-c2ccc(-c3ncc(CC)cn3)cc2)cc1. The van der Waals surface area contributed by atoms with Crippen molar-refractivity contribution in [2.24, 2.45) is 0 Å². The molecule has 0 radical (unpaired) electrons. The Labute approximate surface area is 131 Å². The summed E-state index contributed by atoms with van der Waals surface area (Å²) in [6.07, 6.45) is 5.84. The van der Waals surface area contributed by atoms with Crippen molar-refractivity contribution in [3.05, 3.63) is 72.1 Å². The number of benzene rings is 2. The van der Waals surface area contributed by atoms with Gasteiger partial charge in [-0.25, -0.2) is 9.97 Å².